The van der Waals surface area contributed by atoms with E-state index in [1.807, 2.05) is 54.6 Å². The van der Waals surface area contributed by atoms with Crippen molar-refractivity contribution in [3.63, 3.8) is 0 Å². The van der Waals surface area contributed by atoms with Gasteiger partial charge in [0.15, 0.2) is 0 Å². The third kappa shape index (κ3) is 7.78. The SMILES string of the molecule is CNC(=O)[C@@H](Cc1ccccc1)N(Cc1cccc(Br)c1)C(=O)CN(c1ccc(I)cc1)S(C)(=O)=O. The number of anilines is 1. The molecular formula is C26H27BrIN3O4S. The topological polar surface area (TPSA) is 86.8 Å². The van der Waals surface area contributed by atoms with Gasteiger partial charge < -0.3 is 10.2 Å². The maximum absolute atomic E-state index is 13.8. The Labute approximate surface area is 234 Å². The van der Waals surface area contributed by atoms with Gasteiger partial charge in [-0.1, -0.05) is 58.4 Å². The van der Waals surface area contributed by atoms with Gasteiger partial charge in [-0.3, -0.25) is 13.9 Å². The summed E-state index contributed by atoms with van der Waals surface area (Å²) in [5.41, 5.74) is 2.07. The largest absolute Gasteiger partial charge is 0.357 e. The number of likely N-dealkylation sites (N-methyl/N-ethyl adjacent to an activating group) is 1. The Bertz CT molecular complexity index is 1300. The first kappa shape index (κ1) is 28.1. The summed E-state index contributed by atoms with van der Waals surface area (Å²) in [6.45, 7) is -0.302. The van der Waals surface area contributed by atoms with Gasteiger partial charge in [0.25, 0.3) is 0 Å². The van der Waals surface area contributed by atoms with Gasteiger partial charge >= 0.3 is 0 Å². The van der Waals surface area contributed by atoms with Crippen LogP contribution in [0.2, 0.25) is 0 Å². The van der Waals surface area contributed by atoms with E-state index < -0.39 is 28.5 Å². The van der Waals surface area contributed by atoms with Crippen LogP contribution in [0.25, 0.3) is 0 Å². The van der Waals surface area contributed by atoms with E-state index in [4.69, 9.17) is 0 Å². The maximum Gasteiger partial charge on any atom is 0.244 e. The molecule has 0 fully saturated rings. The van der Waals surface area contributed by atoms with Gasteiger partial charge in [0.1, 0.15) is 12.6 Å². The van der Waals surface area contributed by atoms with Gasteiger partial charge in [-0.15, -0.1) is 0 Å². The lowest BCUT2D eigenvalue weighted by atomic mass is 10.0. The molecule has 190 valence electrons. The van der Waals surface area contributed by atoms with E-state index in [1.165, 1.54) is 11.9 Å². The summed E-state index contributed by atoms with van der Waals surface area (Å²) in [6.07, 6.45) is 1.35. The number of carbonyl (C=O) groups excluding carboxylic acids is 2. The second kappa shape index (κ2) is 12.7. The third-order valence-corrected chi connectivity index (χ3v) is 7.91. The van der Waals surface area contributed by atoms with Gasteiger partial charge in [-0.25, -0.2) is 8.42 Å². The molecule has 0 aromatic heterocycles. The Kier molecular flexibility index (Phi) is 9.92. The minimum atomic E-state index is -3.77. The Balaban J connectivity index is 2.02. The quantitative estimate of drug-likeness (QED) is 0.325. The van der Waals surface area contributed by atoms with Crippen molar-refractivity contribution < 1.29 is 18.0 Å². The van der Waals surface area contributed by atoms with Crippen LogP contribution in [0.4, 0.5) is 5.69 Å². The minimum absolute atomic E-state index is 0.132. The van der Waals surface area contributed by atoms with Crippen molar-refractivity contribution in [2.45, 2.75) is 19.0 Å². The molecule has 7 nitrogen and oxygen atoms in total. The molecule has 0 radical (unpaired) electrons. The first-order valence-electron chi connectivity index (χ1n) is 11.1. The second-order valence-corrected chi connectivity index (χ2v) is 12.3. The smallest absolute Gasteiger partial charge is 0.244 e. The van der Waals surface area contributed by atoms with Crippen LogP contribution in [0.5, 0.6) is 0 Å². The number of sulfonamides is 1. The molecule has 0 heterocycles. The van der Waals surface area contributed by atoms with Crippen molar-refractivity contribution in [2.24, 2.45) is 0 Å². The predicted molar refractivity (Wildman–Crippen MR) is 154 cm³/mol. The lowest BCUT2D eigenvalue weighted by Crippen LogP contribution is -2.52. The number of hydrogen-bond acceptors (Lipinski definition) is 4. The molecule has 0 bridgehead atoms. The zero-order chi connectivity index (χ0) is 26.3. The molecule has 1 N–H and O–H groups in total. The van der Waals surface area contributed by atoms with E-state index in [1.54, 1.807) is 24.3 Å². The van der Waals surface area contributed by atoms with Crippen molar-refractivity contribution in [1.29, 1.82) is 0 Å². The highest BCUT2D eigenvalue weighted by Gasteiger charge is 2.32. The first-order valence-corrected chi connectivity index (χ1v) is 14.8. The number of amides is 2. The Morgan fingerprint density at radius 1 is 0.972 bits per heavy atom. The third-order valence-electron chi connectivity index (χ3n) is 5.55. The predicted octanol–water partition coefficient (Wildman–Crippen LogP) is 4.21. The number of halogens is 2. The molecule has 0 saturated carbocycles. The summed E-state index contributed by atoms with van der Waals surface area (Å²) in [6, 6.07) is 22.9. The van der Waals surface area contributed by atoms with Crippen LogP contribution >= 0.6 is 38.5 Å². The highest BCUT2D eigenvalue weighted by Crippen LogP contribution is 2.22. The molecule has 0 saturated heterocycles. The minimum Gasteiger partial charge on any atom is -0.357 e. The van der Waals surface area contributed by atoms with Crippen LogP contribution in [0, 0.1) is 3.57 Å². The van der Waals surface area contributed by atoms with Crippen LogP contribution in [0.3, 0.4) is 0 Å². The summed E-state index contributed by atoms with van der Waals surface area (Å²) in [4.78, 5) is 28.3. The zero-order valence-electron chi connectivity index (χ0n) is 19.9. The maximum atomic E-state index is 13.8. The van der Waals surface area contributed by atoms with Gasteiger partial charge in [-0.2, -0.15) is 0 Å². The number of benzene rings is 3. The normalized spacial score (nSPS) is 12.0. The van der Waals surface area contributed by atoms with E-state index in [0.29, 0.717) is 5.69 Å². The number of nitrogens with zero attached hydrogens (tertiary/aromatic N) is 2. The monoisotopic (exact) mass is 683 g/mol. The molecule has 10 heteroatoms. The Hall–Kier alpha value is -2.44. The lowest BCUT2D eigenvalue weighted by Gasteiger charge is -2.33. The fourth-order valence-corrected chi connectivity index (χ4v) is 5.43. The number of carbonyl (C=O) groups is 2. The molecule has 0 aliphatic heterocycles. The Morgan fingerprint density at radius 2 is 1.61 bits per heavy atom. The van der Waals surface area contributed by atoms with Crippen molar-refractivity contribution >= 4 is 66.0 Å². The standard InChI is InChI=1S/C26H27BrIN3O4S/c1-29-26(33)24(16-19-7-4-3-5-8-19)30(17-20-9-6-10-21(27)15-20)25(32)18-31(36(2,34)35)23-13-11-22(28)12-14-23/h3-15,24H,16-18H2,1-2H3,(H,29,33)/t24-/m1/s1. The van der Waals surface area contributed by atoms with E-state index in [-0.39, 0.29) is 18.9 Å². The average Bonchev–Trinajstić information content (AvgIpc) is 2.84. The number of rotatable bonds is 10. The lowest BCUT2D eigenvalue weighted by molar-refractivity contribution is -0.139. The van der Waals surface area contributed by atoms with Crippen molar-refractivity contribution in [3.05, 3.63) is 98.0 Å². The van der Waals surface area contributed by atoms with E-state index in [0.717, 1.165) is 29.7 Å². The molecule has 3 rings (SSSR count). The van der Waals surface area contributed by atoms with Gasteiger partial charge in [0.2, 0.25) is 21.8 Å². The summed E-state index contributed by atoms with van der Waals surface area (Å²) in [5.74, 6) is -0.814. The highest BCUT2D eigenvalue weighted by molar-refractivity contribution is 14.1. The van der Waals surface area contributed by atoms with Crippen LogP contribution in [-0.4, -0.2) is 51.0 Å². The molecule has 3 aromatic carbocycles. The fraction of sp³-hybridized carbons (Fsp3) is 0.231. The zero-order valence-corrected chi connectivity index (χ0v) is 24.5. The van der Waals surface area contributed by atoms with Crippen LogP contribution in [0.15, 0.2) is 83.3 Å². The van der Waals surface area contributed by atoms with Crippen molar-refractivity contribution in [2.75, 3.05) is 24.2 Å². The van der Waals surface area contributed by atoms with E-state index >= 15 is 0 Å². The molecule has 36 heavy (non-hydrogen) atoms. The van der Waals surface area contributed by atoms with Gasteiger partial charge in [0.05, 0.1) is 11.9 Å². The van der Waals surface area contributed by atoms with E-state index in [2.05, 4.69) is 43.8 Å². The number of hydrogen-bond donors (Lipinski definition) is 1. The molecule has 0 unspecified atom stereocenters. The molecule has 0 spiro atoms. The van der Waals surface area contributed by atoms with Crippen LogP contribution in [-0.2, 0) is 32.6 Å². The van der Waals surface area contributed by atoms with Crippen LogP contribution in [0.1, 0.15) is 11.1 Å². The summed E-state index contributed by atoms with van der Waals surface area (Å²) in [5, 5.41) is 2.66. The average molecular weight is 684 g/mol. The Morgan fingerprint density at radius 3 is 2.19 bits per heavy atom. The molecule has 2 amide bonds. The number of nitrogens with one attached hydrogen (secondary N) is 1. The van der Waals surface area contributed by atoms with Crippen LogP contribution < -0.4 is 9.62 Å². The van der Waals surface area contributed by atoms with Gasteiger partial charge in [-0.05, 0) is 70.1 Å². The highest BCUT2D eigenvalue weighted by atomic mass is 127. The first-order chi connectivity index (χ1) is 17.1. The summed E-state index contributed by atoms with van der Waals surface area (Å²) >= 11 is 5.59. The van der Waals surface area contributed by atoms with Crippen molar-refractivity contribution in [1.82, 2.24) is 10.2 Å². The fourth-order valence-electron chi connectivity index (χ4n) is 3.77. The second-order valence-electron chi connectivity index (χ2n) is 8.22. The molecule has 0 aliphatic carbocycles. The molecular weight excluding hydrogens is 657 g/mol. The molecule has 3 aromatic rings. The summed E-state index contributed by atoms with van der Waals surface area (Å²) in [7, 11) is -2.25. The van der Waals surface area contributed by atoms with Crippen molar-refractivity contribution in [3.8, 4) is 0 Å². The summed E-state index contributed by atoms with van der Waals surface area (Å²) < 4.78 is 28.2. The van der Waals surface area contributed by atoms with Gasteiger partial charge in [0, 0.05) is 28.1 Å². The molecule has 1 atom stereocenters. The molecule has 0 aliphatic rings. The van der Waals surface area contributed by atoms with E-state index in [9.17, 15) is 18.0 Å².